The molecule has 1 atom stereocenters. The Bertz CT molecular complexity index is 408. The Balaban J connectivity index is 2.11. The number of rotatable bonds is 1. The molecule has 2 nitrogen and oxygen atoms in total. The number of amidine groups is 1. The van der Waals surface area contributed by atoms with Crippen LogP contribution in [0.25, 0.3) is 0 Å². The molecule has 0 saturated heterocycles. The summed E-state index contributed by atoms with van der Waals surface area (Å²) in [6.07, 6.45) is 0. The number of nitrogens with zero attached hydrogens (tertiary/aromatic N) is 1. The summed E-state index contributed by atoms with van der Waals surface area (Å²) < 4.78 is 0.907. The van der Waals surface area contributed by atoms with Crippen LogP contribution in [0.4, 0.5) is 5.69 Å². The van der Waals surface area contributed by atoms with Gasteiger partial charge in [-0.2, -0.15) is 0 Å². The normalized spacial score (nSPS) is 20.2. The van der Waals surface area contributed by atoms with Crippen LogP contribution >= 0.6 is 39.3 Å². The van der Waals surface area contributed by atoms with E-state index in [1.165, 1.54) is 0 Å². The first-order valence-corrected chi connectivity index (χ1v) is 6.73. The number of thioether (sulfide) groups is 1. The zero-order chi connectivity index (χ0) is 10.8. The SMILES string of the molecule is CC1CSC(Nc2ccc(Br)c(Cl)c2)=N1. The zero-order valence-electron chi connectivity index (χ0n) is 8.13. The van der Waals surface area contributed by atoms with Gasteiger partial charge in [0.05, 0.1) is 11.1 Å². The first-order chi connectivity index (χ1) is 7.15. The van der Waals surface area contributed by atoms with Crippen molar-refractivity contribution in [3.05, 3.63) is 27.7 Å². The molecule has 0 radical (unpaired) electrons. The van der Waals surface area contributed by atoms with Crippen LogP contribution in [0.2, 0.25) is 5.02 Å². The quantitative estimate of drug-likeness (QED) is 0.848. The summed E-state index contributed by atoms with van der Waals surface area (Å²) >= 11 is 11.1. The van der Waals surface area contributed by atoms with Crippen molar-refractivity contribution in [1.82, 2.24) is 0 Å². The number of halogens is 2. The maximum Gasteiger partial charge on any atom is 0.161 e. The van der Waals surface area contributed by atoms with E-state index in [9.17, 15) is 0 Å². The van der Waals surface area contributed by atoms with Gasteiger partial charge in [0, 0.05) is 15.9 Å². The van der Waals surface area contributed by atoms with Gasteiger partial charge in [-0.3, -0.25) is 4.99 Å². The number of aliphatic imine (C=N–C) groups is 1. The third kappa shape index (κ3) is 2.89. The van der Waals surface area contributed by atoms with Crippen molar-refractivity contribution in [2.24, 2.45) is 4.99 Å². The van der Waals surface area contributed by atoms with Crippen LogP contribution < -0.4 is 5.32 Å². The van der Waals surface area contributed by atoms with Crippen molar-refractivity contribution in [2.45, 2.75) is 13.0 Å². The van der Waals surface area contributed by atoms with Crippen molar-refractivity contribution in [1.29, 1.82) is 0 Å². The molecule has 1 N–H and O–H groups in total. The molecule has 1 aliphatic rings. The fourth-order valence-corrected chi connectivity index (χ4v) is 2.59. The molecule has 5 heteroatoms. The Morgan fingerprint density at radius 2 is 2.40 bits per heavy atom. The lowest BCUT2D eigenvalue weighted by Crippen LogP contribution is -2.04. The number of hydrogen-bond donors (Lipinski definition) is 1. The molecule has 0 saturated carbocycles. The average molecular weight is 306 g/mol. The minimum atomic E-state index is 0.406. The minimum Gasteiger partial charge on any atom is -0.335 e. The molecule has 0 fully saturated rings. The van der Waals surface area contributed by atoms with E-state index >= 15 is 0 Å². The van der Waals surface area contributed by atoms with Crippen LogP contribution in [-0.2, 0) is 0 Å². The Morgan fingerprint density at radius 1 is 1.60 bits per heavy atom. The van der Waals surface area contributed by atoms with Crippen LogP contribution in [0, 0.1) is 0 Å². The molecule has 2 rings (SSSR count). The molecule has 15 heavy (non-hydrogen) atoms. The number of anilines is 1. The topological polar surface area (TPSA) is 24.4 Å². The van der Waals surface area contributed by atoms with Gasteiger partial charge >= 0.3 is 0 Å². The second-order valence-corrected chi connectivity index (χ2v) is 5.62. The van der Waals surface area contributed by atoms with Gasteiger partial charge in [0.25, 0.3) is 0 Å². The number of hydrogen-bond acceptors (Lipinski definition) is 3. The van der Waals surface area contributed by atoms with Gasteiger partial charge in [-0.25, -0.2) is 0 Å². The highest BCUT2D eigenvalue weighted by Gasteiger charge is 2.13. The van der Waals surface area contributed by atoms with E-state index in [0.29, 0.717) is 11.1 Å². The molecule has 1 aromatic rings. The molecule has 0 bridgehead atoms. The molecule has 0 spiro atoms. The summed E-state index contributed by atoms with van der Waals surface area (Å²) in [6, 6.07) is 6.19. The van der Waals surface area contributed by atoms with Crippen molar-refractivity contribution < 1.29 is 0 Å². The Morgan fingerprint density at radius 3 is 3.00 bits per heavy atom. The fourth-order valence-electron chi connectivity index (χ4n) is 1.24. The summed E-state index contributed by atoms with van der Waals surface area (Å²) in [5.41, 5.74) is 0.976. The second-order valence-electron chi connectivity index (χ2n) is 3.35. The Hall–Kier alpha value is -0.190. The van der Waals surface area contributed by atoms with E-state index in [1.807, 2.05) is 18.2 Å². The van der Waals surface area contributed by atoms with Gasteiger partial charge in [0.1, 0.15) is 0 Å². The molecule has 1 heterocycles. The summed E-state index contributed by atoms with van der Waals surface area (Å²) in [5, 5.41) is 4.93. The van der Waals surface area contributed by atoms with E-state index in [-0.39, 0.29) is 0 Å². The van der Waals surface area contributed by atoms with Crippen molar-refractivity contribution >= 4 is 50.1 Å². The van der Waals surface area contributed by atoms with Crippen molar-refractivity contribution in [3.8, 4) is 0 Å². The van der Waals surface area contributed by atoms with E-state index in [0.717, 1.165) is 21.1 Å². The smallest absolute Gasteiger partial charge is 0.161 e. The second kappa shape index (κ2) is 4.76. The molecule has 0 aliphatic carbocycles. The molecular formula is C10H10BrClN2S. The third-order valence-electron chi connectivity index (χ3n) is 1.97. The zero-order valence-corrected chi connectivity index (χ0v) is 11.3. The molecule has 0 amide bonds. The van der Waals surface area contributed by atoms with E-state index < -0.39 is 0 Å². The Kier molecular flexibility index (Phi) is 3.59. The third-order valence-corrected chi connectivity index (χ3v) is 4.33. The first kappa shape index (κ1) is 11.3. The van der Waals surface area contributed by atoms with E-state index in [2.05, 4.69) is 33.2 Å². The average Bonchev–Trinajstić information content (AvgIpc) is 2.58. The summed E-state index contributed by atoms with van der Waals surface area (Å²) in [4.78, 5) is 4.45. The standard InChI is InChI=1S/C10H10BrClN2S/c1-6-5-15-10(13-6)14-7-2-3-8(11)9(12)4-7/h2-4,6H,5H2,1H3,(H,13,14). The summed E-state index contributed by atoms with van der Waals surface area (Å²) in [5.74, 6) is 1.05. The van der Waals surface area contributed by atoms with Gasteiger partial charge in [-0.15, -0.1) is 0 Å². The van der Waals surface area contributed by atoms with Gasteiger partial charge in [-0.05, 0) is 41.1 Å². The van der Waals surface area contributed by atoms with Crippen molar-refractivity contribution in [3.63, 3.8) is 0 Å². The van der Waals surface area contributed by atoms with Crippen LogP contribution in [0.1, 0.15) is 6.92 Å². The maximum absolute atomic E-state index is 5.99. The molecule has 0 aromatic heterocycles. The van der Waals surface area contributed by atoms with Crippen LogP contribution in [-0.4, -0.2) is 17.0 Å². The lowest BCUT2D eigenvalue weighted by atomic mass is 10.3. The molecule has 1 aromatic carbocycles. The minimum absolute atomic E-state index is 0.406. The molecule has 1 unspecified atom stereocenters. The predicted octanol–water partition coefficient (Wildman–Crippen LogP) is 4.01. The molecule has 1 aliphatic heterocycles. The fraction of sp³-hybridized carbons (Fsp3) is 0.300. The van der Waals surface area contributed by atoms with Crippen LogP contribution in [0.5, 0.6) is 0 Å². The maximum atomic E-state index is 5.99. The van der Waals surface area contributed by atoms with Gasteiger partial charge in [0.15, 0.2) is 5.17 Å². The van der Waals surface area contributed by atoms with E-state index in [1.54, 1.807) is 11.8 Å². The lowest BCUT2D eigenvalue weighted by Gasteiger charge is -2.05. The van der Waals surface area contributed by atoms with Crippen molar-refractivity contribution in [2.75, 3.05) is 11.1 Å². The predicted molar refractivity (Wildman–Crippen MR) is 72.1 cm³/mol. The van der Waals surface area contributed by atoms with Crippen LogP contribution in [0.3, 0.4) is 0 Å². The van der Waals surface area contributed by atoms with Crippen LogP contribution in [0.15, 0.2) is 27.7 Å². The number of nitrogens with one attached hydrogen (secondary N) is 1. The molecular weight excluding hydrogens is 296 g/mol. The van der Waals surface area contributed by atoms with Gasteiger partial charge in [-0.1, -0.05) is 23.4 Å². The highest BCUT2D eigenvalue weighted by atomic mass is 79.9. The first-order valence-electron chi connectivity index (χ1n) is 4.58. The highest BCUT2D eigenvalue weighted by molar-refractivity contribution is 9.10. The largest absolute Gasteiger partial charge is 0.335 e. The lowest BCUT2D eigenvalue weighted by molar-refractivity contribution is 0.865. The van der Waals surface area contributed by atoms with Gasteiger partial charge in [0.2, 0.25) is 0 Å². The summed E-state index contributed by atoms with van der Waals surface area (Å²) in [6.45, 7) is 2.11. The van der Waals surface area contributed by atoms with E-state index in [4.69, 9.17) is 11.6 Å². The highest BCUT2D eigenvalue weighted by Crippen LogP contribution is 2.27. The summed E-state index contributed by atoms with van der Waals surface area (Å²) in [7, 11) is 0. The molecule has 80 valence electrons. The Labute approximate surface area is 107 Å². The van der Waals surface area contributed by atoms with Gasteiger partial charge < -0.3 is 5.32 Å². The monoisotopic (exact) mass is 304 g/mol. The number of benzene rings is 1.